The maximum absolute atomic E-state index is 12.8. The van der Waals surface area contributed by atoms with Crippen molar-refractivity contribution in [3.63, 3.8) is 0 Å². The van der Waals surface area contributed by atoms with Crippen LogP contribution in [0.2, 0.25) is 0 Å². The zero-order chi connectivity index (χ0) is 20.1. The van der Waals surface area contributed by atoms with Crippen LogP contribution in [0.25, 0.3) is 0 Å². The molecule has 1 saturated carbocycles. The lowest BCUT2D eigenvalue weighted by Crippen LogP contribution is -2.31. The van der Waals surface area contributed by atoms with E-state index in [4.69, 9.17) is 4.74 Å². The van der Waals surface area contributed by atoms with Crippen LogP contribution >= 0.6 is 0 Å². The van der Waals surface area contributed by atoms with Gasteiger partial charge in [-0.25, -0.2) is 8.42 Å². The Morgan fingerprint density at radius 3 is 2.50 bits per heavy atom. The van der Waals surface area contributed by atoms with Gasteiger partial charge in [-0.2, -0.15) is 0 Å². The molecule has 1 N–H and O–H groups in total. The van der Waals surface area contributed by atoms with E-state index in [1.807, 2.05) is 0 Å². The van der Waals surface area contributed by atoms with Crippen LogP contribution in [0, 0.1) is 5.92 Å². The second-order valence-electron chi connectivity index (χ2n) is 6.64. The van der Waals surface area contributed by atoms with E-state index in [0.29, 0.717) is 18.2 Å². The van der Waals surface area contributed by atoms with Gasteiger partial charge in [-0.1, -0.05) is 24.3 Å². The van der Waals surface area contributed by atoms with Gasteiger partial charge in [0.2, 0.25) is 0 Å². The Labute approximate surface area is 164 Å². The molecule has 2 aromatic rings. The summed E-state index contributed by atoms with van der Waals surface area (Å²) in [6.45, 7) is 0.126. The Kier molecular flexibility index (Phi) is 5.99. The number of esters is 1. The Hall–Kier alpha value is -2.87. The Bertz CT molecular complexity index is 956. The summed E-state index contributed by atoms with van der Waals surface area (Å²) in [5.41, 5.74) is 0.660. The van der Waals surface area contributed by atoms with Gasteiger partial charge in [-0.05, 0) is 49.1 Å². The van der Waals surface area contributed by atoms with Crippen LogP contribution in [0.1, 0.15) is 23.2 Å². The number of amides is 1. The largest absolute Gasteiger partial charge is 0.464 e. The molecule has 3 rings (SSSR count). The molecule has 0 heterocycles. The number of para-hydroxylation sites is 1. The molecule has 1 fully saturated rings. The van der Waals surface area contributed by atoms with Crippen molar-refractivity contribution in [2.75, 3.05) is 24.5 Å². The standard InChI is InChI=1S/C20H22N2O5S/c1-22(17-7-3-2-4-8-17)28(25,26)18-9-5-6-16(12-18)20(24)21-13-19(23)27-14-15-10-11-15/h2-9,12,15H,10-11,13-14H2,1H3,(H,21,24). The summed E-state index contributed by atoms with van der Waals surface area (Å²) in [6.07, 6.45) is 2.14. The van der Waals surface area contributed by atoms with Gasteiger partial charge in [0.05, 0.1) is 17.2 Å². The molecule has 2 aromatic carbocycles. The second-order valence-corrected chi connectivity index (χ2v) is 8.61. The molecular weight excluding hydrogens is 380 g/mol. The summed E-state index contributed by atoms with van der Waals surface area (Å²) in [6, 6.07) is 14.3. The molecule has 0 saturated heterocycles. The van der Waals surface area contributed by atoms with E-state index >= 15 is 0 Å². The monoisotopic (exact) mass is 402 g/mol. The van der Waals surface area contributed by atoms with Crippen LogP contribution in [-0.2, 0) is 19.6 Å². The Morgan fingerprint density at radius 1 is 1.11 bits per heavy atom. The summed E-state index contributed by atoms with van der Waals surface area (Å²) < 4.78 is 31.9. The number of nitrogens with zero attached hydrogens (tertiary/aromatic N) is 1. The van der Waals surface area contributed by atoms with Crippen LogP contribution in [-0.4, -0.2) is 40.5 Å². The maximum atomic E-state index is 12.8. The average molecular weight is 402 g/mol. The maximum Gasteiger partial charge on any atom is 0.325 e. The van der Waals surface area contributed by atoms with E-state index in [0.717, 1.165) is 17.1 Å². The lowest BCUT2D eigenvalue weighted by Gasteiger charge is -2.19. The predicted octanol–water partition coefficient (Wildman–Crippen LogP) is 2.19. The van der Waals surface area contributed by atoms with Gasteiger partial charge >= 0.3 is 5.97 Å². The Balaban J connectivity index is 1.66. The van der Waals surface area contributed by atoms with Gasteiger partial charge in [-0.3, -0.25) is 13.9 Å². The summed E-state index contributed by atoms with van der Waals surface area (Å²) >= 11 is 0. The molecule has 8 heteroatoms. The topological polar surface area (TPSA) is 92.8 Å². The number of nitrogens with one attached hydrogen (secondary N) is 1. The SMILES string of the molecule is CN(c1ccccc1)S(=O)(=O)c1cccc(C(=O)NCC(=O)OCC2CC2)c1. The molecule has 0 aromatic heterocycles. The number of sulfonamides is 1. The van der Waals surface area contributed by atoms with Crippen molar-refractivity contribution in [1.29, 1.82) is 0 Å². The fourth-order valence-corrected chi connectivity index (χ4v) is 3.78. The highest BCUT2D eigenvalue weighted by Gasteiger charge is 2.24. The van der Waals surface area contributed by atoms with Crippen molar-refractivity contribution in [1.82, 2.24) is 5.32 Å². The average Bonchev–Trinajstić information content (AvgIpc) is 3.55. The molecular formula is C20H22N2O5S. The third-order valence-electron chi connectivity index (χ3n) is 4.44. The summed E-state index contributed by atoms with van der Waals surface area (Å²) in [5.74, 6) is -0.598. The minimum absolute atomic E-state index is 0.0113. The van der Waals surface area contributed by atoms with E-state index in [-0.39, 0.29) is 17.0 Å². The number of anilines is 1. The summed E-state index contributed by atoms with van der Waals surface area (Å²) in [4.78, 5) is 23.9. The van der Waals surface area contributed by atoms with Crippen molar-refractivity contribution < 1.29 is 22.7 Å². The molecule has 1 amide bonds. The van der Waals surface area contributed by atoms with Gasteiger partial charge in [0.25, 0.3) is 15.9 Å². The number of carbonyl (C=O) groups is 2. The third-order valence-corrected chi connectivity index (χ3v) is 6.23. The first-order chi connectivity index (χ1) is 13.4. The molecule has 1 aliphatic carbocycles. The molecule has 0 radical (unpaired) electrons. The highest BCUT2D eigenvalue weighted by Crippen LogP contribution is 2.28. The lowest BCUT2D eigenvalue weighted by molar-refractivity contribution is -0.142. The highest BCUT2D eigenvalue weighted by molar-refractivity contribution is 7.92. The van der Waals surface area contributed by atoms with E-state index in [9.17, 15) is 18.0 Å². The molecule has 28 heavy (non-hydrogen) atoms. The number of hydrogen-bond donors (Lipinski definition) is 1. The zero-order valence-electron chi connectivity index (χ0n) is 15.5. The molecule has 0 bridgehead atoms. The van der Waals surface area contributed by atoms with Crippen molar-refractivity contribution in [3.05, 3.63) is 60.2 Å². The quantitative estimate of drug-likeness (QED) is 0.684. The zero-order valence-corrected chi connectivity index (χ0v) is 16.3. The second kappa shape index (κ2) is 8.43. The highest BCUT2D eigenvalue weighted by atomic mass is 32.2. The number of rotatable bonds is 8. The van der Waals surface area contributed by atoms with Crippen LogP contribution in [0.15, 0.2) is 59.5 Å². The minimum atomic E-state index is -3.83. The molecule has 1 aliphatic rings. The number of benzene rings is 2. The van der Waals surface area contributed by atoms with Gasteiger partial charge < -0.3 is 10.1 Å². The number of ether oxygens (including phenoxy) is 1. The van der Waals surface area contributed by atoms with Crippen LogP contribution in [0.4, 0.5) is 5.69 Å². The number of carbonyl (C=O) groups excluding carboxylic acids is 2. The van der Waals surface area contributed by atoms with E-state index in [1.165, 1.54) is 31.3 Å². The molecule has 0 spiro atoms. The van der Waals surface area contributed by atoms with Gasteiger partial charge in [0.1, 0.15) is 6.54 Å². The van der Waals surface area contributed by atoms with Crippen LogP contribution in [0.3, 0.4) is 0 Å². The van der Waals surface area contributed by atoms with Crippen LogP contribution in [0.5, 0.6) is 0 Å². The summed E-state index contributed by atoms with van der Waals surface area (Å²) in [7, 11) is -2.38. The summed E-state index contributed by atoms with van der Waals surface area (Å²) in [5, 5.41) is 2.46. The first kappa shape index (κ1) is 19.9. The molecule has 0 unspecified atom stereocenters. The first-order valence-electron chi connectivity index (χ1n) is 8.96. The van der Waals surface area contributed by atoms with Crippen molar-refractivity contribution in [3.8, 4) is 0 Å². The smallest absolute Gasteiger partial charge is 0.325 e. The minimum Gasteiger partial charge on any atom is -0.464 e. The van der Waals surface area contributed by atoms with Gasteiger partial charge in [0, 0.05) is 12.6 Å². The van der Waals surface area contributed by atoms with E-state index in [1.54, 1.807) is 30.3 Å². The first-order valence-corrected chi connectivity index (χ1v) is 10.4. The Morgan fingerprint density at radius 2 is 1.82 bits per heavy atom. The van der Waals surface area contributed by atoms with Crippen molar-refractivity contribution in [2.24, 2.45) is 5.92 Å². The van der Waals surface area contributed by atoms with Crippen LogP contribution < -0.4 is 9.62 Å². The van der Waals surface area contributed by atoms with E-state index < -0.39 is 21.9 Å². The number of hydrogen-bond acceptors (Lipinski definition) is 5. The normalized spacial score (nSPS) is 13.6. The van der Waals surface area contributed by atoms with Crippen molar-refractivity contribution >= 4 is 27.6 Å². The van der Waals surface area contributed by atoms with Gasteiger partial charge in [0.15, 0.2) is 0 Å². The fourth-order valence-electron chi connectivity index (χ4n) is 2.53. The lowest BCUT2D eigenvalue weighted by atomic mass is 10.2. The molecule has 148 valence electrons. The molecule has 0 aliphatic heterocycles. The molecule has 0 atom stereocenters. The third kappa shape index (κ3) is 4.89. The van der Waals surface area contributed by atoms with Gasteiger partial charge in [-0.15, -0.1) is 0 Å². The fraction of sp³-hybridized carbons (Fsp3) is 0.300. The predicted molar refractivity (Wildman–Crippen MR) is 104 cm³/mol. The molecule has 7 nitrogen and oxygen atoms in total. The van der Waals surface area contributed by atoms with E-state index in [2.05, 4.69) is 5.32 Å². The van der Waals surface area contributed by atoms with Crippen molar-refractivity contribution in [2.45, 2.75) is 17.7 Å².